The lowest BCUT2D eigenvalue weighted by Gasteiger charge is -2.35. The van der Waals surface area contributed by atoms with Crippen LogP contribution in [-0.2, 0) is 0 Å². The molecule has 7 heteroatoms. The van der Waals surface area contributed by atoms with Gasteiger partial charge in [0.15, 0.2) is 0 Å². The molecule has 0 aliphatic carbocycles. The first-order chi connectivity index (χ1) is 14.1. The van der Waals surface area contributed by atoms with Crippen LogP contribution in [0.25, 0.3) is 11.1 Å². The summed E-state index contributed by atoms with van der Waals surface area (Å²) in [5.74, 6) is 0.586. The maximum absolute atomic E-state index is 12.8. The first kappa shape index (κ1) is 19.0. The first-order valence-corrected chi connectivity index (χ1v) is 9.66. The van der Waals surface area contributed by atoms with Crippen molar-refractivity contribution >= 4 is 17.3 Å². The molecule has 150 valence electrons. The number of carbonyl (C=O) groups is 1. The van der Waals surface area contributed by atoms with Crippen molar-refractivity contribution in [2.45, 2.75) is 0 Å². The highest BCUT2D eigenvalue weighted by Crippen LogP contribution is 2.32. The number of nitrogens with zero attached hydrogens (tertiary/aromatic N) is 3. The fourth-order valence-electron chi connectivity index (χ4n) is 3.47. The average molecular weight is 391 g/mol. The third-order valence-corrected chi connectivity index (χ3v) is 5.27. The molecule has 0 saturated carbocycles. The number of aromatic amines is 1. The van der Waals surface area contributed by atoms with Crippen molar-refractivity contribution in [1.29, 1.82) is 0 Å². The molecule has 4 rings (SSSR count). The number of aromatic nitrogens is 2. The molecule has 0 atom stereocenters. The molecule has 2 heterocycles. The summed E-state index contributed by atoms with van der Waals surface area (Å²) in [4.78, 5) is 17.5. The van der Waals surface area contributed by atoms with Crippen LogP contribution in [0.3, 0.4) is 0 Å². The lowest BCUT2D eigenvalue weighted by atomic mass is 10.1. The van der Waals surface area contributed by atoms with Crippen LogP contribution in [0.2, 0.25) is 0 Å². The van der Waals surface area contributed by atoms with Gasteiger partial charge in [0.25, 0.3) is 5.91 Å². The Balaban J connectivity index is 1.63. The highest BCUT2D eigenvalue weighted by molar-refractivity contribution is 6.06. The van der Waals surface area contributed by atoms with E-state index in [1.54, 1.807) is 37.6 Å². The molecule has 1 amide bonds. The fraction of sp³-hybridized carbons (Fsp3) is 0.273. The third-order valence-electron chi connectivity index (χ3n) is 5.27. The fourth-order valence-corrected chi connectivity index (χ4v) is 3.47. The highest BCUT2D eigenvalue weighted by Gasteiger charge is 2.19. The van der Waals surface area contributed by atoms with Crippen LogP contribution in [-0.4, -0.2) is 61.3 Å². The van der Waals surface area contributed by atoms with E-state index in [1.807, 2.05) is 18.3 Å². The van der Waals surface area contributed by atoms with Gasteiger partial charge in [-0.25, -0.2) is 0 Å². The monoisotopic (exact) mass is 391 g/mol. The summed E-state index contributed by atoms with van der Waals surface area (Å²) in [6.45, 7) is 3.80. The summed E-state index contributed by atoms with van der Waals surface area (Å²) in [5.41, 5.74) is 4.51. The minimum atomic E-state index is -0.140. The summed E-state index contributed by atoms with van der Waals surface area (Å²) < 4.78 is 5.17. The topological polar surface area (TPSA) is 73.5 Å². The lowest BCUT2D eigenvalue weighted by molar-refractivity contribution is 0.102. The van der Waals surface area contributed by atoms with Gasteiger partial charge in [0.1, 0.15) is 5.75 Å². The van der Waals surface area contributed by atoms with Crippen molar-refractivity contribution in [2.24, 2.45) is 0 Å². The Morgan fingerprint density at radius 1 is 1.07 bits per heavy atom. The predicted octanol–water partition coefficient (Wildman–Crippen LogP) is 3.09. The molecule has 2 N–H and O–H groups in total. The Hall–Kier alpha value is -3.32. The van der Waals surface area contributed by atoms with Gasteiger partial charge in [0, 0.05) is 43.5 Å². The van der Waals surface area contributed by atoms with Gasteiger partial charge in [-0.3, -0.25) is 9.89 Å². The second-order valence-electron chi connectivity index (χ2n) is 7.19. The van der Waals surface area contributed by atoms with Gasteiger partial charge in [-0.2, -0.15) is 5.10 Å². The molecule has 7 nitrogen and oxygen atoms in total. The number of rotatable bonds is 5. The number of H-pyrrole nitrogens is 1. The molecular weight excluding hydrogens is 366 g/mol. The van der Waals surface area contributed by atoms with Gasteiger partial charge < -0.3 is 19.9 Å². The summed E-state index contributed by atoms with van der Waals surface area (Å²) >= 11 is 0. The van der Waals surface area contributed by atoms with E-state index in [1.165, 1.54) is 0 Å². The molecule has 0 radical (unpaired) electrons. The minimum absolute atomic E-state index is 0.140. The summed E-state index contributed by atoms with van der Waals surface area (Å²) in [7, 11) is 3.74. The minimum Gasteiger partial charge on any atom is -0.497 e. The number of hydrogen-bond donors (Lipinski definition) is 2. The molecule has 29 heavy (non-hydrogen) atoms. The van der Waals surface area contributed by atoms with Crippen molar-refractivity contribution in [2.75, 3.05) is 50.6 Å². The van der Waals surface area contributed by atoms with Crippen molar-refractivity contribution in [3.05, 3.63) is 60.4 Å². The van der Waals surface area contributed by atoms with E-state index in [0.29, 0.717) is 5.56 Å². The van der Waals surface area contributed by atoms with E-state index in [9.17, 15) is 4.79 Å². The van der Waals surface area contributed by atoms with E-state index in [-0.39, 0.29) is 5.91 Å². The first-order valence-electron chi connectivity index (χ1n) is 9.66. The van der Waals surface area contributed by atoms with E-state index in [2.05, 4.69) is 38.4 Å². The molecule has 1 aliphatic heterocycles. The number of hydrogen-bond acceptors (Lipinski definition) is 5. The zero-order chi connectivity index (χ0) is 20.2. The van der Waals surface area contributed by atoms with Crippen LogP contribution >= 0.6 is 0 Å². The summed E-state index contributed by atoms with van der Waals surface area (Å²) in [6.07, 6.45) is 3.68. The Morgan fingerprint density at radius 3 is 2.48 bits per heavy atom. The van der Waals surface area contributed by atoms with E-state index < -0.39 is 0 Å². The third kappa shape index (κ3) is 4.25. The molecule has 0 spiro atoms. The number of ether oxygens (including phenoxy) is 1. The predicted molar refractivity (Wildman–Crippen MR) is 115 cm³/mol. The normalized spacial score (nSPS) is 14.6. The van der Waals surface area contributed by atoms with Crippen molar-refractivity contribution in [3.63, 3.8) is 0 Å². The van der Waals surface area contributed by atoms with E-state index in [4.69, 9.17) is 4.74 Å². The van der Waals surface area contributed by atoms with Crippen LogP contribution < -0.4 is 15.0 Å². The van der Waals surface area contributed by atoms with Crippen LogP contribution in [0, 0.1) is 0 Å². The molecule has 1 aromatic heterocycles. The Kier molecular flexibility index (Phi) is 5.48. The number of benzene rings is 2. The second-order valence-corrected chi connectivity index (χ2v) is 7.19. The zero-order valence-corrected chi connectivity index (χ0v) is 16.7. The van der Waals surface area contributed by atoms with Gasteiger partial charge in [0.2, 0.25) is 0 Å². The molecular formula is C22H25N5O2. The number of piperazine rings is 1. The van der Waals surface area contributed by atoms with E-state index in [0.717, 1.165) is 54.4 Å². The smallest absolute Gasteiger partial charge is 0.255 e. The number of methoxy groups -OCH3 is 1. The standard InChI is InChI=1S/C22H25N5O2/c1-26-9-11-27(12-10-26)21-13-17(18-14-23-24-15-18)5-8-20(21)25-22(28)16-3-6-19(29-2)7-4-16/h3-8,13-15H,9-12H2,1-2H3,(H,23,24)(H,25,28). The number of likely N-dealkylation sites (N-methyl/N-ethyl adjacent to an activating group) is 1. The van der Waals surface area contributed by atoms with Gasteiger partial charge in [-0.15, -0.1) is 0 Å². The van der Waals surface area contributed by atoms with Crippen LogP contribution in [0.1, 0.15) is 10.4 Å². The average Bonchev–Trinajstić information content (AvgIpc) is 3.30. The largest absolute Gasteiger partial charge is 0.497 e. The van der Waals surface area contributed by atoms with Crippen molar-refractivity contribution < 1.29 is 9.53 Å². The zero-order valence-electron chi connectivity index (χ0n) is 16.7. The number of anilines is 2. The SMILES string of the molecule is COc1ccc(C(=O)Nc2ccc(-c3cn[nH]c3)cc2N2CCN(C)CC2)cc1. The molecule has 0 unspecified atom stereocenters. The number of carbonyl (C=O) groups excluding carboxylic acids is 1. The highest BCUT2D eigenvalue weighted by atomic mass is 16.5. The quantitative estimate of drug-likeness (QED) is 0.699. The Morgan fingerprint density at radius 2 is 1.83 bits per heavy atom. The molecule has 1 aliphatic rings. The molecule has 0 bridgehead atoms. The molecule has 1 fully saturated rings. The van der Waals surface area contributed by atoms with Gasteiger partial charge in [-0.05, 0) is 49.0 Å². The maximum atomic E-state index is 12.8. The molecule has 3 aromatic rings. The van der Waals surface area contributed by atoms with Gasteiger partial charge in [0.05, 0.1) is 24.7 Å². The van der Waals surface area contributed by atoms with E-state index >= 15 is 0 Å². The maximum Gasteiger partial charge on any atom is 0.255 e. The number of amides is 1. The number of nitrogens with one attached hydrogen (secondary N) is 2. The summed E-state index contributed by atoms with van der Waals surface area (Å²) in [5, 5.41) is 10.00. The van der Waals surface area contributed by atoms with Crippen molar-refractivity contribution in [3.8, 4) is 16.9 Å². The van der Waals surface area contributed by atoms with Gasteiger partial charge >= 0.3 is 0 Å². The Labute approximate surface area is 170 Å². The van der Waals surface area contributed by atoms with Crippen LogP contribution in [0.4, 0.5) is 11.4 Å². The molecule has 1 saturated heterocycles. The Bertz CT molecular complexity index is 961. The lowest BCUT2D eigenvalue weighted by Crippen LogP contribution is -2.44. The van der Waals surface area contributed by atoms with Crippen LogP contribution in [0.15, 0.2) is 54.9 Å². The second kappa shape index (κ2) is 8.36. The van der Waals surface area contributed by atoms with Gasteiger partial charge in [-0.1, -0.05) is 6.07 Å². The van der Waals surface area contributed by atoms with Crippen LogP contribution in [0.5, 0.6) is 5.75 Å². The molecule has 2 aromatic carbocycles. The summed E-state index contributed by atoms with van der Waals surface area (Å²) in [6, 6.07) is 13.2. The van der Waals surface area contributed by atoms with Crippen molar-refractivity contribution in [1.82, 2.24) is 15.1 Å².